The van der Waals surface area contributed by atoms with Crippen LogP contribution in [0.2, 0.25) is 0 Å². The SMILES string of the molecule is O=C(CCCNC(=O)C1CC1)NC1CCCCC1Oc1ccccc1. The quantitative estimate of drug-likeness (QED) is 0.713. The van der Waals surface area contributed by atoms with Gasteiger partial charge in [0.25, 0.3) is 0 Å². The summed E-state index contributed by atoms with van der Waals surface area (Å²) in [7, 11) is 0. The maximum atomic E-state index is 12.2. The van der Waals surface area contributed by atoms with Crippen LogP contribution < -0.4 is 15.4 Å². The molecule has 0 bridgehead atoms. The first-order chi connectivity index (χ1) is 12.2. The van der Waals surface area contributed by atoms with Crippen LogP contribution in [0.5, 0.6) is 5.75 Å². The highest BCUT2D eigenvalue weighted by molar-refractivity contribution is 5.81. The summed E-state index contributed by atoms with van der Waals surface area (Å²) < 4.78 is 6.09. The predicted molar refractivity (Wildman–Crippen MR) is 96.2 cm³/mol. The second kappa shape index (κ2) is 8.88. The van der Waals surface area contributed by atoms with Gasteiger partial charge in [-0.15, -0.1) is 0 Å². The van der Waals surface area contributed by atoms with E-state index in [0.29, 0.717) is 19.4 Å². The lowest BCUT2D eigenvalue weighted by Gasteiger charge is -2.32. The van der Waals surface area contributed by atoms with E-state index in [2.05, 4.69) is 10.6 Å². The van der Waals surface area contributed by atoms with Gasteiger partial charge in [0.1, 0.15) is 11.9 Å². The molecule has 2 saturated carbocycles. The number of hydrogen-bond acceptors (Lipinski definition) is 3. The van der Waals surface area contributed by atoms with Gasteiger partial charge in [-0.1, -0.05) is 24.6 Å². The molecule has 2 aliphatic rings. The van der Waals surface area contributed by atoms with E-state index in [-0.39, 0.29) is 29.9 Å². The second-order valence-electron chi connectivity index (χ2n) is 7.10. The van der Waals surface area contributed by atoms with Crippen molar-refractivity contribution in [2.75, 3.05) is 6.54 Å². The van der Waals surface area contributed by atoms with E-state index in [4.69, 9.17) is 4.74 Å². The Bertz CT molecular complexity index is 572. The lowest BCUT2D eigenvalue weighted by atomic mass is 9.92. The van der Waals surface area contributed by atoms with Crippen LogP contribution in [-0.2, 0) is 9.59 Å². The van der Waals surface area contributed by atoms with Gasteiger partial charge >= 0.3 is 0 Å². The summed E-state index contributed by atoms with van der Waals surface area (Å²) in [5.41, 5.74) is 0. The molecule has 0 saturated heterocycles. The second-order valence-corrected chi connectivity index (χ2v) is 7.10. The molecule has 2 N–H and O–H groups in total. The van der Waals surface area contributed by atoms with E-state index in [1.54, 1.807) is 0 Å². The predicted octanol–water partition coefficient (Wildman–Crippen LogP) is 2.80. The van der Waals surface area contributed by atoms with Crippen molar-refractivity contribution in [3.05, 3.63) is 30.3 Å². The molecule has 5 heteroatoms. The van der Waals surface area contributed by atoms with Crippen LogP contribution in [0.25, 0.3) is 0 Å². The molecule has 2 atom stereocenters. The molecule has 0 aliphatic heterocycles. The Balaban J connectivity index is 1.39. The number of amides is 2. The summed E-state index contributed by atoms with van der Waals surface area (Å²) in [6.07, 6.45) is 7.37. The highest BCUT2D eigenvalue weighted by atomic mass is 16.5. The average Bonchev–Trinajstić information content (AvgIpc) is 3.46. The van der Waals surface area contributed by atoms with Crippen molar-refractivity contribution in [2.45, 2.75) is 63.5 Å². The molecular formula is C20H28N2O3. The van der Waals surface area contributed by atoms with Crippen LogP contribution >= 0.6 is 0 Å². The number of carbonyl (C=O) groups excluding carboxylic acids is 2. The fraction of sp³-hybridized carbons (Fsp3) is 0.600. The summed E-state index contributed by atoms with van der Waals surface area (Å²) in [6, 6.07) is 9.87. The maximum absolute atomic E-state index is 12.2. The Labute approximate surface area is 149 Å². The minimum absolute atomic E-state index is 0.0367. The topological polar surface area (TPSA) is 67.4 Å². The largest absolute Gasteiger partial charge is 0.488 e. The minimum Gasteiger partial charge on any atom is -0.488 e. The van der Waals surface area contributed by atoms with Crippen molar-refractivity contribution in [3.8, 4) is 5.75 Å². The standard InChI is InChI=1S/C20H28N2O3/c23-19(11-6-14-21-20(24)15-12-13-15)22-17-9-4-5-10-18(17)25-16-7-2-1-3-8-16/h1-3,7-8,15,17-18H,4-6,9-14H2,(H,21,24)(H,22,23). The van der Waals surface area contributed by atoms with Crippen molar-refractivity contribution in [3.63, 3.8) is 0 Å². The Morgan fingerprint density at radius 3 is 2.56 bits per heavy atom. The van der Waals surface area contributed by atoms with Gasteiger partial charge in [0, 0.05) is 18.9 Å². The normalized spacial score (nSPS) is 22.9. The van der Waals surface area contributed by atoms with Gasteiger partial charge < -0.3 is 15.4 Å². The molecule has 136 valence electrons. The molecule has 0 aromatic heterocycles. The summed E-state index contributed by atoms with van der Waals surface area (Å²) in [5.74, 6) is 1.28. The molecule has 25 heavy (non-hydrogen) atoms. The highest BCUT2D eigenvalue weighted by Gasteiger charge is 2.29. The molecule has 2 fully saturated rings. The molecule has 0 radical (unpaired) electrons. The molecular weight excluding hydrogens is 316 g/mol. The molecule has 0 spiro atoms. The number of rotatable bonds is 8. The van der Waals surface area contributed by atoms with Crippen molar-refractivity contribution < 1.29 is 14.3 Å². The summed E-state index contributed by atoms with van der Waals surface area (Å²) in [6.45, 7) is 0.581. The van der Waals surface area contributed by atoms with Gasteiger partial charge in [-0.3, -0.25) is 9.59 Å². The average molecular weight is 344 g/mol. The number of benzene rings is 1. The van der Waals surface area contributed by atoms with Crippen molar-refractivity contribution in [1.82, 2.24) is 10.6 Å². The molecule has 1 aromatic carbocycles. The third-order valence-corrected chi connectivity index (χ3v) is 4.91. The van der Waals surface area contributed by atoms with Gasteiger partial charge in [0.05, 0.1) is 6.04 Å². The molecule has 2 unspecified atom stereocenters. The van der Waals surface area contributed by atoms with Crippen LogP contribution in [0.15, 0.2) is 30.3 Å². The van der Waals surface area contributed by atoms with Crippen LogP contribution in [0, 0.1) is 5.92 Å². The molecule has 1 aromatic rings. The zero-order chi connectivity index (χ0) is 17.5. The number of para-hydroxylation sites is 1. The molecule has 2 aliphatic carbocycles. The first kappa shape index (κ1) is 17.8. The summed E-state index contributed by atoms with van der Waals surface area (Å²) in [4.78, 5) is 23.8. The third-order valence-electron chi connectivity index (χ3n) is 4.91. The zero-order valence-corrected chi connectivity index (χ0v) is 14.7. The van der Waals surface area contributed by atoms with Crippen LogP contribution in [0.3, 0.4) is 0 Å². The first-order valence-corrected chi connectivity index (χ1v) is 9.51. The monoisotopic (exact) mass is 344 g/mol. The Morgan fingerprint density at radius 1 is 1.04 bits per heavy atom. The third kappa shape index (κ3) is 5.76. The fourth-order valence-electron chi connectivity index (χ4n) is 3.31. The van der Waals surface area contributed by atoms with Gasteiger partial charge in [-0.2, -0.15) is 0 Å². The first-order valence-electron chi connectivity index (χ1n) is 9.51. The van der Waals surface area contributed by atoms with E-state index >= 15 is 0 Å². The van der Waals surface area contributed by atoms with Gasteiger partial charge in [0.2, 0.25) is 11.8 Å². The van der Waals surface area contributed by atoms with Crippen molar-refractivity contribution >= 4 is 11.8 Å². The Kier molecular flexibility index (Phi) is 6.31. The fourth-order valence-corrected chi connectivity index (χ4v) is 3.31. The van der Waals surface area contributed by atoms with E-state index in [1.807, 2.05) is 30.3 Å². The van der Waals surface area contributed by atoms with Crippen molar-refractivity contribution in [1.29, 1.82) is 0 Å². The lowest BCUT2D eigenvalue weighted by Crippen LogP contribution is -2.47. The summed E-state index contributed by atoms with van der Waals surface area (Å²) in [5, 5.41) is 6.04. The van der Waals surface area contributed by atoms with Crippen LogP contribution in [0.4, 0.5) is 0 Å². The van der Waals surface area contributed by atoms with Crippen molar-refractivity contribution in [2.24, 2.45) is 5.92 Å². The molecule has 5 nitrogen and oxygen atoms in total. The van der Waals surface area contributed by atoms with Crippen LogP contribution in [-0.4, -0.2) is 30.5 Å². The number of ether oxygens (including phenoxy) is 1. The van der Waals surface area contributed by atoms with E-state index in [0.717, 1.165) is 44.3 Å². The minimum atomic E-state index is 0.0367. The summed E-state index contributed by atoms with van der Waals surface area (Å²) >= 11 is 0. The highest BCUT2D eigenvalue weighted by Crippen LogP contribution is 2.28. The smallest absolute Gasteiger partial charge is 0.223 e. The Hall–Kier alpha value is -2.04. The molecule has 3 rings (SSSR count). The zero-order valence-electron chi connectivity index (χ0n) is 14.7. The van der Waals surface area contributed by atoms with E-state index < -0.39 is 0 Å². The Morgan fingerprint density at radius 2 is 1.80 bits per heavy atom. The van der Waals surface area contributed by atoms with E-state index in [1.165, 1.54) is 0 Å². The van der Waals surface area contributed by atoms with Crippen LogP contribution in [0.1, 0.15) is 51.4 Å². The molecule has 2 amide bonds. The number of hydrogen-bond donors (Lipinski definition) is 2. The molecule has 0 heterocycles. The van der Waals surface area contributed by atoms with E-state index in [9.17, 15) is 9.59 Å². The van der Waals surface area contributed by atoms with Gasteiger partial charge in [0.15, 0.2) is 0 Å². The maximum Gasteiger partial charge on any atom is 0.223 e. The number of nitrogens with one attached hydrogen (secondary N) is 2. The number of carbonyl (C=O) groups is 2. The lowest BCUT2D eigenvalue weighted by molar-refractivity contribution is -0.124. The van der Waals surface area contributed by atoms with Gasteiger partial charge in [-0.25, -0.2) is 0 Å². The van der Waals surface area contributed by atoms with Gasteiger partial charge in [-0.05, 0) is 50.7 Å².